The maximum absolute atomic E-state index is 13.4. The normalized spacial score (nSPS) is 19.8. The lowest BCUT2D eigenvalue weighted by Gasteiger charge is -2.43. The standard InChI is InChI=1S/C25H30N12O9S2/c26-21(32-13-3-5-28-6-4-13)15-2-1-14(7-30-15)45-9-18(24(40)41)46-35-19(16-10-47-25(27)33-16)22(38)34-20-17(8-36-12-29-11-31-36)37(23(20)39)48(42,43)44/h1-2,7,10-13,17-18,20,28H,3-6,8-9H2,(H2,26,32)(H2,27,33)(H,34,38)(H,40,41)(H,42,43,44)/b35-19-/t17-,18+,20+/m1/s1. The smallest absolute Gasteiger partial charge is 0.362 e. The van der Waals surface area contributed by atoms with Gasteiger partial charge in [0.25, 0.3) is 17.9 Å². The van der Waals surface area contributed by atoms with Crippen molar-refractivity contribution in [2.24, 2.45) is 15.9 Å². The highest BCUT2D eigenvalue weighted by Gasteiger charge is 2.54. The number of nitrogens with one attached hydrogen (secondary N) is 2. The van der Waals surface area contributed by atoms with Crippen LogP contribution >= 0.6 is 11.3 Å². The van der Waals surface area contributed by atoms with Gasteiger partial charge in [-0.25, -0.2) is 24.1 Å². The summed E-state index contributed by atoms with van der Waals surface area (Å²) < 4.78 is 40.1. The zero-order valence-electron chi connectivity index (χ0n) is 24.8. The minimum atomic E-state index is -4.99. The van der Waals surface area contributed by atoms with Crippen molar-refractivity contribution >= 4 is 56.1 Å². The van der Waals surface area contributed by atoms with Crippen LogP contribution in [-0.2, 0) is 36.1 Å². The number of nitrogen functional groups attached to an aromatic ring is 1. The highest BCUT2D eigenvalue weighted by Crippen LogP contribution is 2.25. The fraction of sp³-hybridized carbons (Fsp3) is 0.400. The molecule has 2 aliphatic rings. The van der Waals surface area contributed by atoms with Gasteiger partial charge in [-0.1, -0.05) is 5.16 Å². The van der Waals surface area contributed by atoms with E-state index >= 15 is 0 Å². The van der Waals surface area contributed by atoms with Crippen LogP contribution in [0.1, 0.15) is 24.2 Å². The summed E-state index contributed by atoms with van der Waals surface area (Å²) in [6.45, 7) is 0.861. The number of nitrogens with two attached hydrogens (primary N) is 2. The van der Waals surface area contributed by atoms with Crippen molar-refractivity contribution in [2.75, 3.05) is 25.4 Å². The van der Waals surface area contributed by atoms with Gasteiger partial charge in [-0.05, 0) is 38.1 Å². The van der Waals surface area contributed by atoms with Crippen LogP contribution in [0.25, 0.3) is 0 Å². The van der Waals surface area contributed by atoms with Gasteiger partial charge in [0, 0.05) is 5.38 Å². The topological polar surface area (TPSA) is 305 Å². The Hall–Kier alpha value is -5.26. The number of nitrogens with zero attached hydrogens (tertiary/aromatic N) is 8. The fourth-order valence-corrected chi connectivity index (χ4v) is 6.14. The van der Waals surface area contributed by atoms with Crippen LogP contribution in [-0.4, -0.2) is 120 Å². The van der Waals surface area contributed by atoms with Gasteiger partial charge < -0.3 is 36.8 Å². The Kier molecular flexibility index (Phi) is 10.4. The summed E-state index contributed by atoms with van der Waals surface area (Å²) in [4.78, 5) is 59.6. The summed E-state index contributed by atoms with van der Waals surface area (Å²) >= 11 is 0.933. The molecule has 0 spiro atoms. The van der Waals surface area contributed by atoms with Gasteiger partial charge in [0.05, 0.1) is 24.8 Å². The molecular formula is C25H30N12O9S2. The molecule has 0 radical (unpaired) electrons. The number of aliphatic imine (C=N–C) groups is 1. The zero-order valence-corrected chi connectivity index (χ0v) is 26.5. The molecule has 5 rings (SSSR count). The number of hydrogen-bond donors (Lipinski definition) is 6. The van der Waals surface area contributed by atoms with Crippen molar-refractivity contribution in [3.05, 3.63) is 47.8 Å². The van der Waals surface area contributed by atoms with Gasteiger partial charge in [0.2, 0.25) is 0 Å². The van der Waals surface area contributed by atoms with Crippen molar-refractivity contribution in [2.45, 2.75) is 43.6 Å². The van der Waals surface area contributed by atoms with E-state index in [1.165, 1.54) is 28.7 Å². The van der Waals surface area contributed by atoms with Crippen molar-refractivity contribution in [3.8, 4) is 5.75 Å². The maximum Gasteiger partial charge on any atom is 0.362 e. The van der Waals surface area contributed by atoms with Crippen LogP contribution < -0.4 is 26.8 Å². The number of amides is 2. The summed E-state index contributed by atoms with van der Waals surface area (Å²) in [5, 5.41) is 24.2. The molecule has 23 heteroatoms. The lowest BCUT2D eigenvalue weighted by atomic mass is 9.98. The van der Waals surface area contributed by atoms with E-state index in [2.05, 4.69) is 40.8 Å². The molecule has 0 unspecified atom stereocenters. The number of aromatic nitrogens is 5. The molecule has 3 atom stereocenters. The number of hydrogen-bond acceptors (Lipinski definition) is 16. The van der Waals surface area contributed by atoms with Crippen LogP contribution in [0, 0.1) is 0 Å². The molecule has 2 fully saturated rings. The Morgan fingerprint density at radius 2 is 2.02 bits per heavy atom. The molecule has 5 heterocycles. The third-order valence-electron chi connectivity index (χ3n) is 7.10. The number of carbonyl (C=O) groups excluding carboxylic acids is 2. The number of pyridine rings is 1. The summed E-state index contributed by atoms with van der Waals surface area (Å²) in [7, 11) is -4.99. The van der Waals surface area contributed by atoms with Crippen LogP contribution in [0.4, 0.5) is 5.13 Å². The summed E-state index contributed by atoms with van der Waals surface area (Å²) in [6, 6.07) is 0.408. The van der Waals surface area contributed by atoms with Crippen molar-refractivity contribution < 1.29 is 42.0 Å². The number of β-lactam (4-membered cyclic amide) rings is 1. The number of anilines is 1. The summed E-state index contributed by atoms with van der Waals surface area (Å²) in [6.07, 6.45) is 3.71. The summed E-state index contributed by atoms with van der Waals surface area (Å²) in [5.74, 6) is -3.29. The van der Waals surface area contributed by atoms with Gasteiger partial charge in [-0.15, -0.1) is 11.3 Å². The summed E-state index contributed by atoms with van der Waals surface area (Å²) in [5.41, 5.74) is 11.5. The molecule has 3 aromatic rings. The second-order valence-electron chi connectivity index (χ2n) is 10.4. The van der Waals surface area contributed by atoms with Crippen LogP contribution in [0.5, 0.6) is 5.75 Å². The highest BCUT2D eigenvalue weighted by atomic mass is 32.2. The second kappa shape index (κ2) is 14.7. The van der Waals surface area contributed by atoms with E-state index in [0.717, 1.165) is 43.6 Å². The molecular weight excluding hydrogens is 676 g/mol. The molecule has 256 valence electrons. The Labute approximate surface area is 275 Å². The Morgan fingerprint density at radius 1 is 1.25 bits per heavy atom. The van der Waals surface area contributed by atoms with Crippen LogP contribution in [0.2, 0.25) is 0 Å². The molecule has 0 saturated carbocycles. The van der Waals surface area contributed by atoms with Crippen molar-refractivity contribution in [1.82, 2.24) is 39.7 Å². The lowest BCUT2D eigenvalue weighted by Crippen LogP contribution is -2.73. The number of carboxylic acid groups (broad SMARTS) is 1. The number of thiazole rings is 1. The average molecular weight is 707 g/mol. The first-order chi connectivity index (χ1) is 22.9. The molecule has 0 aromatic carbocycles. The predicted octanol–water partition coefficient (Wildman–Crippen LogP) is -2.38. The average Bonchev–Trinajstić information content (AvgIpc) is 3.73. The van der Waals surface area contributed by atoms with Crippen molar-refractivity contribution in [1.29, 1.82) is 0 Å². The Bertz CT molecular complexity index is 1790. The van der Waals surface area contributed by atoms with Gasteiger partial charge in [-0.2, -0.15) is 13.5 Å². The third-order valence-corrected chi connectivity index (χ3v) is 8.72. The lowest BCUT2D eigenvalue weighted by molar-refractivity contribution is -0.152. The predicted molar refractivity (Wildman–Crippen MR) is 166 cm³/mol. The number of piperidine rings is 1. The molecule has 8 N–H and O–H groups in total. The number of amidine groups is 1. The first kappa shape index (κ1) is 34.1. The number of carbonyl (C=O) groups is 3. The highest BCUT2D eigenvalue weighted by molar-refractivity contribution is 7.84. The van der Waals surface area contributed by atoms with Gasteiger partial charge in [-0.3, -0.25) is 23.8 Å². The first-order valence-electron chi connectivity index (χ1n) is 14.2. The monoisotopic (exact) mass is 706 g/mol. The minimum Gasteiger partial charge on any atom is -0.487 e. The zero-order chi connectivity index (χ0) is 34.4. The minimum absolute atomic E-state index is 0.0299. The number of rotatable bonds is 14. The van der Waals surface area contributed by atoms with Gasteiger partial charge in [0.1, 0.15) is 48.3 Å². The molecule has 0 aliphatic carbocycles. The molecule has 2 amide bonds. The molecule has 2 saturated heterocycles. The molecule has 21 nitrogen and oxygen atoms in total. The largest absolute Gasteiger partial charge is 0.487 e. The molecule has 3 aromatic heterocycles. The quantitative estimate of drug-likeness (QED) is 0.0335. The second-order valence-corrected chi connectivity index (χ2v) is 12.6. The first-order valence-corrected chi connectivity index (χ1v) is 16.4. The maximum atomic E-state index is 13.4. The molecule has 48 heavy (non-hydrogen) atoms. The van der Waals surface area contributed by atoms with Crippen LogP contribution in [0.3, 0.4) is 0 Å². The van der Waals surface area contributed by atoms with E-state index in [9.17, 15) is 32.5 Å². The Morgan fingerprint density at radius 3 is 2.62 bits per heavy atom. The van der Waals surface area contributed by atoms with Crippen molar-refractivity contribution in [3.63, 3.8) is 0 Å². The number of carboxylic acids is 1. The Balaban J connectivity index is 1.27. The van der Waals surface area contributed by atoms with Gasteiger partial charge in [0.15, 0.2) is 10.8 Å². The van der Waals surface area contributed by atoms with E-state index in [-0.39, 0.29) is 39.3 Å². The van der Waals surface area contributed by atoms with E-state index in [0.29, 0.717) is 5.69 Å². The third kappa shape index (κ3) is 8.17. The molecule has 2 aliphatic heterocycles. The van der Waals surface area contributed by atoms with Gasteiger partial charge >= 0.3 is 16.3 Å². The van der Waals surface area contributed by atoms with Crippen LogP contribution in [0.15, 0.2) is 46.5 Å². The number of aliphatic carboxylic acids is 1. The number of oxime groups is 1. The fourth-order valence-electron chi connectivity index (χ4n) is 4.72. The number of ether oxygens (including phenoxy) is 1. The SMILES string of the molecule is NC(=NC1CCNCC1)c1ccc(OC[C@H](O/N=C(\C(=O)N[C@@H]2C(=O)N(S(=O)(=O)O)[C@@H]2Cn2cncn2)c2csc(N)n2)C(=O)O)cn1. The van der Waals surface area contributed by atoms with E-state index < -0.39 is 58.6 Å². The van der Waals surface area contributed by atoms with E-state index in [1.807, 2.05) is 0 Å². The van der Waals surface area contributed by atoms with E-state index in [1.54, 1.807) is 6.07 Å². The van der Waals surface area contributed by atoms with E-state index in [4.69, 9.17) is 21.0 Å². The molecule has 0 bridgehead atoms.